The molecule has 0 bridgehead atoms. The summed E-state index contributed by atoms with van der Waals surface area (Å²) >= 11 is 1.42. The summed E-state index contributed by atoms with van der Waals surface area (Å²) in [5.74, 6) is -0.758. The van der Waals surface area contributed by atoms with Gasteiger partial charge < -0.3 is 14.8 Å². The van der Waals surface area contributed by atoms with Gasteiger partial charge in [0.2, 0.25) is 0 Å². The van der Waals surface area contributed by atoms with E-state index in [9.17, 15) is 14.0 Å². The molecule has 0 saturated heterocycles. The SMILES string of the molecule is CCOC(=O)c1c(NC(=O)COc2ccc(F)cc2)sc2c1CCC2. The van der Waals surface area contributed by atoms with Gasteiger partial charge in [-0.05, 0) is 56.0 Å². The Morgan fingerprint density at radius 1 is 1.24 bits per heavy atom. The number of thiophene rings is 1. The standard InChI is InChI=1S/C18H18FNO4S/c1-2-23-18(22)16-13-4-3-5-14(13)25-17(16)20-15(21)10-24-12-8-6-11(19)7-9-12/h6-9H,2-5,10H2,1H3,(H,20,21). The van der Waals surface area contributed by atoms with E-state index in [0.717, 1.165) is 29.7 Å². The largest absolute Gasteiger partial charge is 0.484 e. The zero-order valence-corrected chi connectivity index (χ0v) is 14.6. The number of rotatable bonds is 6. The van der Waals surface area contributed by atoms with Crippen LogP contribution in [-0.2, 0) is 22.4 Å². The summed E-state index contributed by atoms with van der Waals surface area (Å²) in [5.41, 5.74) is 1.45. The number of benzene rings is 1. The second-order valence-electron chi connectivity index (χ2n) is 5.57. The highest BCUT2D eigenvalue weighted by atomic mass is 32.1. The lowest BCUT2D eigenvalue weighted by atomic mass is 10.1. The van der Waals surface area contributed by atoms with Crippen molar-refractivity contribution < 1.29 is 23.5 Å². The first-order valence-electron chi connectivity index (χ1n) is 8.08. The number of halogens is 1. The maximum Gasteiger partial charge on any atom is 0.341 e. The van der Waals surface area contributed by atoms with Gasteiger partial charge in [-0.2, -0.15) is 0 Å². The molecule has 0 aliphatic heterocycles. The minimum absolute atomic E-state index is 0.226. The van der Waals surface area contributed by atoms with Gasteiger partial charge in [0.05, 0.1) is 12.2 Å². The summed E-state index contributed by atoms with van der Waals surface area (Å²) in [4.78, 5) is 25.5. The van der Waals surface area contributed by atoms with Gasteiger partial charge in [0.1, 0.15) is 16.6 Å². The smallest absolute Gasteiger partial charge is 0.341 e. The lowest BCUT2D eigenvalue weighted by Gasteiger charge is -2.09. The van der Waals surface area contributed by atoms with E-state index in [-0.39, 0.29) is 24.9 Å². The maximum absolute atomic E-state index is 12.9. The molecule has 1 N–H and O–H groups in total. The van der Waals surface area contributed by atoms with E-state index < -0.39 is 5.97 Å². The molecule has 0 unspecified atom stereocenters. The molecule has 1 aromatic carbocycles. The van der Waals surface area contributed by atoms with Crippen molar-refractivity contribution in [3.8, 4) is 5.75 Å². The first-order chi connectivity index (χ1) is 12.1. The van der Waals surface area contributed by atoms with Crippen LogP contribution >= 0.6 is 11.3 Å². The van der Waals surface area contributed by atoms with Crippen LogP contribution in [0.4, 0.5) is 9.39 Å². The third-order valence-electron chi connectivity index (χ3n) is 3.84. The van der Waals surface area contributed by atoms with Gasteiger partial charge in [0.15, 0.2) is 6.61 Å². The Kier molecular flexibility index (Phi) is 5.33. The van der Waals surface area contributed by atoms with E-state index >= 15 is 0 Å². The Morgan fingerprint density at radius 2 is 2.00 bits per heavy atom. The Labute approximate surface area is 148 Å². The first-order valence-corrected chi connectivity index (χ1v) is 8.90. The summed E-state index contributed by atoms with van der Waals surface area (Å²) in [6.07, 6.45) is 2.74. The van der Waals surface area contributed by atoms with Crippen LogP contribution in [0.1, 0.15) is 34.1 Å². The molecule has 1 heterocycles. The number of fused-ring (bicyclic) bond motifs is 1. The second kappa shape index (κ2) is 7.65. The van der Waals surface area contributed by atoms with Crippen molar-refractivity contribution in [3.63, 3.8) is 0 Å². The molecule has 0 spiro atoms. The Morgan fingerprint density at radius 3 is 2.72 bits per heavy atom. The van der Waals surface area contributed by atoms with E-state index in [0.29, 0.717) is 16.3 Å². The van der Waals surface area contributed by atoms with Crippen LogP contribution in [0.25, 0.3) is 0 Å². The van der Waals surface area contributed by atoms with Crippen LogP contribution in [0.5, 0.6) is 5.75 Å². The first kappa shape index (κ1) is 17.4. The van der Waals surface area contributed by atoms with E-state index in [2.05, 4.69) is 5.32 Å². The van der Waals surface area contributed by atoms with Crippen molar-refractivity contribution in [2.24, 2.45) is 0 Å². The summed E-state index contributed by atoms with van der Waals surface area (Å²) in [5, 5.41) is 3.25. The molecule has 1 aliphatic rings. The van der Waals surface area contributed by atoms with E-state index in [4.69, 9.17) is 9.47 Å². The van der Waals surface area contributed by atoms with Crippen LogP contribution < -0.4 is 10.1 Å². The zero-order chi connectivity index (χ0) is 17.8. The molecule has 132 valence electrons. The van der Waals surface area contributed by atoms with E-state index in [1.54, 1.807) is 6.92 Å². The summed E-state index contributed by atoms with van der Waals surface area (Å²) < 4.78 is 23.3. The average molecular weight is 363 g/mol. The van der Waals surface area contributed by atoms with Gasteiger partial charge in [0.25, 0.3) is 5.91 Å². The fourth-order valence-electron chi connectivity index (χ4n) is 2.75. The molecule has 0 radical (unpaired) electrons. The highest BCUT2D eigenvalue weighted by molar-refractivity contribution is 7.17. The predicted octanol–water partition coefficient (Wildman–Crippen LogP) is 3.57. The van der Waals surface area contributed by atoms with Crippen molar-refractivity contribution in [1.29, 1.82) is 0 Å². The molecule has 7 heteroatoms. The molecule has 0 atom stereocenters. The van der Waals surface area contributed by atoms with Gasteiger partial charge in [0, 0.05) is 4.88 Å². The molecule has 1 amide bonds. The molecule has 5 nitrogen and oxygen atoms in total. The number of carbonyl (C=O) groups excluding carboxylic acids is 2. The zero-order valence-electron chi connectivity index (χ0n) is 13.8. The number of anilines is 1. The van der Waals surface area contributed by atoms with Gasteiger partial charge in [-0.25, -0.2) is 9.18 Å². The Bertz CT molecular complexity index is 785. The Hall–Kier alpha value is -2.41. The van der Waals surface area contributed by atoms with E-state index in [1.807, 2.05) is 0 Å². The van der Waals surface area contributed by atoms with Crippen LogP contribution in [0, 0.1) is 5.82 Å². The van der Waals surface area contributed by atoms with E-state index in [1.165, 1.54) is 35.6 Å². The third kappa shape index (κ3) is 3.99. The maximum atomic E-state index is 12.9. The minimum Gasteiger partial charge on any atom is -0.484 e. The van der Waals surface area contributed by atoms with Crippen LogP contribution in [-0.4, -0.2) is 25.1 Å². The molecule has 25 heavy (non-hydrogen) atoms. The average Bonchev–Trinajstić information content (AvgIpc) is 3.15. The minimum atomic E-state index is -0.406. The normalized spacial score (nSPS) is 12.6. The molecular weight excluding hydrogens is 345 g/mol. The number of ether oxygens (including phenoxy) is 2. The molecule has 2 aromatic rings. The molecule has 1 aromatic heterocycles. The summed E-state index contributed by atoms with van der Waals surface area (Å²) in [6.45, 7) is 1.81. The van der Waals surface area contributed by atoms with Gasteiger partial charge in [-0.3, -0.25) is 4.79 Å². The highest BCUT2D eigenvalue weighted by Gasteiger charge is 2.28. The number of carbonyl (C=O) groups is 2. The third-order valence-corrected chi connectivity index (χ3v) is 5.04. The number of esters is 1. The second-order valence-corrected chi connectivity index (χ2v) is 6.68. The molecule has 0 fully saturated rings. The van der Waals surface area contributed by atoms with Crippen molar-refractivity contribution in [2.75, 3.05) is 18.5 Å². The molecule has 0 saturated carbocycles. The van der Waals surface area contributed by atoms with Crippen molar-refractivity contribution in [3.05, 3.63) is 46.1 Å². The molecule has 1 aliphatic carbocycles. The summed E-state index contributed by atoms with van der Waals surface area (Å²) in [7, 11) is 0. The van der Waals surface area contributed by atoms with Crippen molar-refractivity contribution >= 4 is 28.2 Å². The van der Waals surface area contributed by atoms with Gasteiger partial charge >= 0.3 is 5.97 Å². The van der Waals surface area contributed by atoms with Gasteiger partial charge in [-0.1, -0.05) is 0 Å². The number of nitrogens with one attached hydrogen (secondary N) is 1. The van der Waals surface area contributed by atoms with Crippen LogP contribution in [0.3, 0.4) is 0 Å². The molecule has 3 rings (SSSR count). The van der Waals surface area contributed by atoms with Crippen LogP contribution in [0.15, 0.2) is 24.3 Å². The van der Waals surface area contributed by atoms with Crippen molar-refractivity contribution in [1.82, 2.24) is 0 Å². The highest BCUT2D eigenvalue weighted by Crippen LogP contribution is 2.39. The monoisotopic (exact) mass is 363 g/mol. The Balaban J connectivity index is 1.68. The predicted molar refractivity (Wildman–Crippen MR) is 92.8 cm³/mol. The van der Waals surface area contributed by atoms with Crippen molar-refractivity contribution in [2.45, 2.75) is 26.2 Å². The number of hydrogen-bond donors (Lipinski definition) is 1. The summed E-state index contributed by atoms with van der Waals surface area (Å²) in [6, 6.07) is 5.42. The van der Waals surface area contributed by atoms with Gasteiger partial charge in [-0.15, -0.1) is 11.3 Å². The number of hydrogen-bond acceptors (Lipinski definition) is 5. The number of aryl methyl sites for hydroxylation is 1. The lowest BCUT2D eigenvalue weighted by Crippen LogP contribution is -2.21. The fraction of sp³-hybridized carbons (Fsp3) is 0.333. The fourth-order valence-corrected chi connectivity index (χ4v) is 4.05. The van der Waals surface area contributed by atoms with Crippen LogP contribution in [0.2, 0.25) is 0 Å². The lowest BCUT2D eigenvalue weighted by molar-refractivity contribution is -0.118. The topological polar surface area (TPSA) is 64.6 Å². The molecular formula is C18H18FNO4S. The number of amides is 1. The quantitative estimate of drug-likeness (QED) is 0.797.